The topological polar surface area (TPSA) is 115 Å². The number of rotatable bonds is 5. The van der Waals surface area contributed by atoms with Crippen LogP contribution in [0.5, 0.6) is 0 Å². The second-order valence-corrected chi connectivity index (χ2v) is 5.07. The van der Waals surface area contributed by atoms with Crippen molar-refractivity contribution in [2.24, 2.45) is 5.14 Å². The lowest BCUT2D eigenvalue weighted by Gasteiger charge is -2.07. The Balaban J connectivity index is 2.97. The first-order valence-corrected chi connectivity index (χ1v) is 6.30. The number of primary sulfonamides is 1. The molecule has 0 atom stereocenters. The monoisotopic (exact) mass is 281 g/mol. The van der Waals surface area contributed by atoms with Crippen LogP contribution in [-0.2, 0) is 10.0 Å². The third-order valence-electron chi connectivity index (χ3n) is 1.91. The summed E-state index contributed by atoms with van der Waals surface area (Å²) in [5.41, 5.74) is -1.40. The van der Waals surface area contributed by atoms with Crippen LogP contribution in [0.3, 0.4) is 0 Å². The molecule has 1 aromatic carbocycles. The molecule has 0 bridgehead atoms. The second-order valence-electron chi connectivity index (χ2n) is 3.33. The standard InChI is InChI=1S/C8H9F2N3O4S/c9-5-3-6(10)8(13(14)15)7(4-5)12-1-2-18(11,16)17/h3-4,12H,1-2H2,(H2,11,16,17). The van der Waals surface area contributed by atoms with E-state index < -0.39 is 43.7 Å². The van der Waals surface area contributed by atoms with Crippen LogP contribution in [0.4, 0.5) is 20.2 Å². The summed E-state index contributed by atoms with van der Waals surface area (Å²) in [5.74, 6) is -2.89. The Morgan fingerprint density at radius 2 is 2.00 bits per heavy atom. The Bertz CT molecular complexity index is 576. The van der Waals surface area contributed by atoms with Crippen molar-refractivity contribution in [1.82, 2.24) is 0 Å². The van der Waals surface area contributed by atoms with Gasteiger partial charge < -0.3 is 5.32 Å². The van der Waals surface area contributed by atoms with Gasteiger partial charge in [-0.2, -0.15) is 4.39 Å². The molecule has 100 valence electrons. The van der Waals surface area contributed by atoms with Gasteiger partial charge in [0.25, 0.3) is 0 Å². The predicted molar refractivity (Wildman–Crippen MR) is 59.5 cm³/mol. The molecule has 10 heteroatoms. The Kier molecular flexibility index (Phi) is 4.14. The number of nitro groups is 1. The quantitative estimate of drug-likeness (QED) is 0.604. The first-order valence-electron chi connectivity index (χ1n) is 4.58. The van der Waals surface area contributed by atoms with Crippen molar-refractivity contribution >= 4 is 21.4 Å². The molecule has 7 nitrogen and oxygen atoms in total. The highest BCUT2D eigenvalue weighted by molar-refractivity contribution is 7.89. The Morgan fingerprint density at radius 3 is 2.50 bits per heavy atom. The Hall–Kier alpha value is -1.81. The number of halogens is 2. The number of nitrogens with two attached hydrogens (primary N) is 1. The molecular formula is C8H9F2N3O4S. The van der Waals surface area contributed by atoms with E-state index in [2.05, 4.69) is 5.32 Å². The molecule has 0 radical (unpaired) electrons. The van der Waals surface area contributed by atoms with E-state index in [0.29, 0.717) is 12.1 Å². The average molecular weight is 281 g/mol. The number of sulfonamides is 1. The molecule has 0 heterocycles. The lowest BCUT2D eigenvalue weighted by molar-refractivity contribution is -0.386. The highest BCUT2D eigenvalue weighted by Crippen LogP contribution is 2.28. The van der Waals surface area contributed by atoms with E-state index in [1.807, 2.05) is 0 Å². The second kappa shape index (κ2) is 5.23. The summed E-state index contributed by atoms with van der Waals surface area (Å²) >= 11 is 0. The fraction of sp³-hybridized carbons (Fsp3) is 0.250. The van der Waals surface area contributed by atoms with Crippen molar-refractivity contribution in [2.75, 3.05) is 17.6 Å². The van der Waals surface area contributed by atoms with Gasteiger partial charge >= 0.3 is 5.69 Å². The molecule has 0 saturated carbocycles. The van der Waals surface area contributed by atoms with Crippen LogP contribution in [-0.4, -0.2) is 25.6 Å². The molecule has 0 aliphatic heterocycles. The van der Waals surface area contributed by atoms with Gasteiger partial charge in [-0.25, -0.2) is 17.9 Å². The van der Waals surface area contributed by atoms with Crippen molar-refractivity contribution in [3.8, 4) is 0 Å². The van der Waals surface area contributed by atoms with Gasteiger partial charge in [-0.3, -0.25) is 10.1 Å². The summed E-state index contributed by atoms with van der Waals surface area (Å²) < 4.78 is 47.3. The average Bonchev–Trinajstić information content (AvgIpc) is 2.13. The van der Waals surface area contributed by atoms with Crippen LogP contribution < -0.4 is 10.5 Å². The van der Waals surface area contributed by atoms with Crippen molar-refractivity contribution < 1.29 is 22.1 Å². The zero-order chi connectivity index (χ0) is 13.9. The smallest absolute Gasteiger partial charge is 0.327 e. The molecule has 0 spiro atoms. The summed E-state index contributed by atoms with van der Waals surface area (Å²) in [5, 5.41) is 17.5. The normalized spacial score (nSPS) is 11.3. The minimum atomic E-state index is -3.77. The summed E-state index contributed by atoms with van der Waals surface area (Å²) in [6.07, 6.45) is 0. The van der Waals surface area contributed by atoms with Gasteiger partial charge in [-0.05, 0) is 0 Å². The van der Waals surface area contributed by atoms with Crippen molar-refractivity contribution in [2.45, 2.75) is 0 Å². The third-order valence-corrected chi connectivity index (χ3v) is 2.69. The minimum Gasteiger partial charge on any atom is -0.378 e. The number of nitrogens with one attached hydrogen (secondary N) is 1. The van der Waals surface area contributed by atoms with Crippen LogP contribution in [0.25, 0.3) is 0 Å². The van der Waals surface area contributed by atoms with Gasteiger partial charge in [0, 0.05) is 18.7 Å². The third kappa shape index (κ3) is 3.89. The van der Waals surface area contributed by atoms with E-state index in [1.165, 1.54) is 0 Å². The van der Waals surface area contributed by atoms with E-state index in [4.69, 9.17) is 5.14 Å². The largest absolute Gasteiger partial charge is 0.378 e. The van der Waals surface area contributed by atoms with Gasteiger partial charge in [0.15, 0.2) is 0 Å². The Morgan fingerprint density at radius 1 is 1.39 bits per heavy atom. The minimum absolute atomic E-state index is 0.303. The predicted octanol–water partition coefficient (Wildman–Crippen LogP) is 0.573. The van der Waals surface area contributed by atoms with E-state index >= 15 is 0 Å². The number of benzene rings is 1. The summed E-state index contributed by atoms with van der Waals surface area (Å²) in [6, 6.07) is 1.06. The molecule has 0 aliphatic rings. The molecule has 0 aliphatic carbocycles. The highest BCUT2D eigenvalue weighted by Gasteiger charge is 2.21. The molecule has 0 amide bonds. The number of nitro benzene ring substituents is 1. The summed E-state index contributed by atoms with van der Waals surface area (Å²) in [6.45, 7) is -0.303. The van der Waals surface area contributed by atoms with E-state index in [-0.39, 0.29) is 6.54 Å². The van der Waals surface area contributed by atoms with Gasteiger partial charge in [-0.1, -0.05) is 0 Å². The zero-order valence-electron chi connectivity index (χ0n) is 8.89. The van der Waals surface area contributed by atoms with Gasteiger partial charge in [0.2, 0.25) is 15.8 Å². The van der Waals surface area contributed by atoms with Crippen molar-refractivity contribution in [3.63, 3.8) is 0 Å². The van der Waals surface area contributed by atoms with Crippen LogP contribution in [0.15, 0.2) is 12.1 Å². The lowest BCUT2D eigenvalue weighted by atomic mass is 10.2. The van der Waals surface area contributed by atoms with Crippen LogP contribution >= 0.6 is 0 Å². The highest BCUT2D eigenvalue weighted by atomic mass is 32.2. The molecule has 0 fully saturated rings. The molecule has 0 unspecified atom stereocenters. The lowest BCUT2D eigenvalue weighted by Crippen LogP contribution is -2.22. The maximum Gasteiger partial charge on any atom is 0.327 e. The van der Waals surface area contributed by atoms with Gasteiger partial charge in [0.1, 0.15) is 11.5 Å². The molecule has 18 heavy (non-hydrogen) atoms. The fourth-order valence-corrected chi connectivity index (χ4v) is 1.60. The molecule has 1 aromatic rings. The molecule has 1 rings (SSSR count). The van der Waals surface area contributed by atoms with Crippen molar-refractivity contribution in [1.29, 1.82) is 0 Å². The number of nitrogens with zero attached hydrogens (tertiary/aromatic N) is 1. The van der Waals surface area contributed by atoms with Gasteiger partial charge in [0.05, 0.1) is 10.7 Å². The SMILES string of the molecule is NS(=O)(=O)CCNc1cc(F)cc(F)c1[N+](=O)[O-]. The summed E-state index contributed by atoms with van der Waals surface area (Å²) in [7, 11) is -3.77. The molecule has 0 aromatic heterocycles. The van der Waals surface area contributed by atoms with Crippen LogP contribution in [0.1, 0.15) is 0 Å². The summed E-state index contributed by atoms with van der Waals surface area (Å²) in [4.78, 5) is 9.54. The van der Waals surface area contributed by atoms with Crippen LogP contribution in [0, 0.1) is 21.7 Å². The molecular weight excluding hydrogens is 272 g/mol. The number of hydrogen-bond donors (Lipinski definition) is 2. The zero-order valence-corrected chi connectivity index (χ0v) is 9.71. The van der Waals surface area contributed by atoms with Crippen LogP contribution in [0.2, 0.25) is 0 Å². The Labute approximate surface area is 101 Å². The van der Waals surface area contributed by atoms with Gasteiger partial charge in [-0.15, -0.1) is 0 Å². The van der Waals surface area contributed by atoms with E-state index in [9.17, 15) is 27.3 Å². The molecule has 0 saturated heterocycles. The number of hydrogen-bond acceptors (Lipinski definition) is 5. The van der Waals surface area contributed by atoms with E-state index in [1.54, 1.807) is 0 Å². The first-order chi connectivity index (χ1) is 8.20. The van der Waals surface area contributed by atoms with E-state index in [0.717, 1.165) is 0 Å². The first kappa shape index (κ1) is 14.3. The maximum atomic E-state index is 13.2. The maximum absolute atomic E-state index is 13.2. The molecule has 3 N–H and O–H groups in total. The number of anilines is 1. The van der Waals surface area contributed by atoms with Crippen molar-refractivity contribution in [3.05, 3.63) is 33.9 Å². The fourth-order valence-electron chi connectivity index (χ4n) is 1.21.